The SMILES string of the molecule is CC(C)c1cc(Br)ccc1Oc1cc(Cl)ccc1[N+](=O)[O-]. The van der Waals surface area contributed by atoms with E-state index in [2.05, 4.69) is 15.9 Å². The summed E-state index contributed by atoms with van der Waals surface area (Å²) in [4.78, 5) is 10.6. The standard InChI is InChI=1S/C15H13BrClNO3/c1-9(2)12-7-10(16)3-6-14(12)21-15-8-11(17)4-5-13(15)18(19)20/h3-9H,1-2H3. The minimum absolute atomic E-state index is 0.114. The van der Waals surface area contributed by atoms with Gasteiger partial charge in [0.2, 0.25) is 5.75 Å². The average molecular weight is 371 g/mol. The zero-order valence-corrected chi connectivity index (χ0v) is 13.8. The molecule has 6 heteroatoms. The fraction of sp³-hybridized carbons (Fsp3) is 0.200. The predicted molar refractivity (Wildman–Crippen MR) is 86.4 cm³/mol. The number of benzene rings is 2. The molecule has 0 spiro atoms. The van der Waals surface area contributed by atoms with Crippen molar-refractivity contribution in [1.82, 2.24) is 0 Å². The minimum Gasteiger partial charge on any atom is -0.450 e. The van der Waals surface area contributed by atoms with Crippen LogP contribution >= 0.6 is 27.5 Å². The molecule has 110 valence electrons. The molecule has 0 aliphatic carbocycles. The third-order valence-electron chi connectivity index (χ3n) is 2.93. The summed E-state index contributed by atoms with van der Waals surface area (Å²) in [5.74, 6) is 0.936. The molecule has 2 aromatic rings. The van der Waals surface area contributed by atoms with Crippen LogP contribution in [0.5, 0.6) is 11.5 Å². The van der Waals surface area contributed by atoms with Gasteiger partial charge >= 0.3 is 5.69 Å². The van der Waals surface area contributed by atoms with Gasteiger partial charge in [-0.3, -0.25) is 10.1 Å². The minimum atomic E-state index is -0.487. The Kier molecular flexibility index (Phi) is 4.85. The van der Waals surface area contributed by atoms with Crippen LogP contribution in [0, 0.1) is 10.1 Å². The second-order valence-electron chi connectivity index (χ2n) is 4.81. The molecule has 0 aliphatic heterocycles. The maximum Gasteiger partial charge on any atom is 0.311 e. The number of nitro benzene ring substituents is 1. The van der Waals surface area contributed by atoms with Gasteiger partial charge in [0.15, 0.2) is 0 Å². The van der Waals surface area contributed by atoms with E-state index in [9.17, 15) is 10.1 Å². The lowest BCUT2D eigenvalue weighted by molar-refractivity contribution is -0.385. The lowest BCUT2D eigenvalue weighted by Gasteiger charge is -2.14. The van der Waals surface area contributed by atoms with E-state index in [1.54, 1.807) is 6.07 Å². The number of ether oxygens (including phenoxy) is 1. The van der Waals surface area contributed by atoms with E-state index in [4.69, 9.17) is 16.3 Å². The third kappa shape index (κ3) is 3.74. The largest absolute Gasteiger partial charge is 0.450 e. The Labute approximate surface area is 136 Å². The van der Waals surface area contributed by atoms with Gasteiger partial charge in [-0.2, -0.15) is 0 Å². The number of nitrogens with zero attached hydrogens (tertiary/aromatic N) is 1. The first kappa shape index (κ1) is 15.8. The van der Waals surface area contributed by atoms with Crippen LogP contribution in [0.15, 0.2) is 40.9 Å². The molecule has 0 saturated carbocycles. The number of hydrogen-bond donors (Lipinski definition) is 0. The zero-order valence-electron chi connectivity index (χ0n) is 11.5. The molecular formula is C15H13BrClNO3. The van der Waals surface area contributed by atoms with Gasteiger partial charge < -0.3 is 4.74 Å². The Hall–Kier alpha value is -1.59. The summed E-state index contributed by atoms with van der Waals surface area (Å²) >= 11 is 9.32. The molecule has 0 atom stereocenters. The van der Waals surface area contributed by atoms with Crippen molar-refractivity contribution in [3.63, 3.8) is 0 Å². The van der Waals surface area contributed by atoms with Gasteiger partial charge in [-0.15, -0.1) is 0 Å². The summed E-state index contributed by atoms with van der Waals surface area (Å²) in [6.07, 6.45) is 0. The monoisotopic (exact) mass is 369 g/mol. The highest BCUT2D eigenvalue weighted by molar-refractivity contribution is 9.10. The molecule has 2 rings (SSSR count). The third-order valence-corrected chi connectivity index (χ3v) is 3.66. The molecule has 0 amide bonds. The maximum atomic E-state index is 11.1. The van der Waals surface area contributed by atoms with Gasteiger partial charge in [0.05, 0.1) is 4.92 Å². The maximum absolute atomic E-state index is 11.1. The summed E-state index contributed by atoms with van der Waals surface area (Å²) < 4.78 is 6.68. The van der Waals surface area contributed by atoms with Gasteiger partial charge in [-0.1, -0.05) is 41.4 Å². The van der Waals surface area contributed by atoms with Gasteiger partial charge in [0.25, 0.3) is 0 Å². The molecule has 0 heterocycles. The normalized spacial score (nSPS) is 10.7. The Bertz CT molecular complexity index is 689. The first-order valence-corrected chi connectivity index (χ1v) is 7.47. The quantitative estimate of drug-likeness (QED) is 0.495. The van der Waals surface area contributed by atoms with Gasteiger partial charge in [0.1, 0.15) is 5.75 Å². The van der Waals surface area contributed by atoms with Gasteiger partial charge in [0, 0.05) is 21.6 Å². The molecule has 21 heavy (non-hydrogen) atoms. The number of halogens is 2. The summed E-state index contributed by atoms with van der Waals surface area (Å²) in [5.41, 5.74) is 0.843. The molecule has 0 saturated heterocycles. The Morgan fingerprint density at radius 3 is 2.52 bits per heavy atom. The number of rotatable bonds is 4. The van der Waals surface area contributed by atoms with E-state index in [-0.39, 0.29) is 17.4 Å². The van der Waals surface area contributed by atoms with Crippen molar-refractivity contribution in [3.8, 4) is 11.5 Å². The molecule has 0 N–H and O–H groups in total. The first-order valence-electron chi connectivity index (χ1n) is 6.29. The van der Waals surface area contributed by atoms with Crippen LogP contribution in [0.4, 0.5) is 5.69 Å². The van der Waals surface area contributed by atoms with Crippen LogP contribution in [0.25, 0.3) is 0 Å². The highest BCUT2D eigenvalue weighted by Crippen LogP contribution is 2.37. The molecule has 0 aliphatic rings. The van der Waals surface area contributed by atoms with E-state index < -0.39 is 4.92 Å². The van der Waals surface area contributed by atoms with Gasteiger partial charge in [-0.05, 0) is 35.7 Å². The first-order chi connectivity index (χ1) is 9.88. The molecule has 0 bridgehead atoms. The molecule has 0 aromatic heterocycles. The number of hydrogen-bond acceptors (Lipinski definition) is 3. The van der Waals surface area contributed by atoms with Crippen LogP contribution in [0.2, 0.25) is 5.02 Å². The van der Waals surface area contributed by atoms with Crippen molar-refractivity contribution >= 4 is 33.2 Å². The van der Waals surface area contributed by atoms with Crippen molar-refractivity contribution < 1.29 is 9.66 Å². The smallest absolute Gasteiger partial charge is 0.311 e. The Morgan fingerprint density at radius 1 is 1.19 bits per heavy atom. The lowest BCUT2D eigenvalue weighted by Crippen LogP contribution is -1.97. The van der Waals surface area contributed by atoms with Crippen LogP contribution in [-0.4, -0.2) is 4.92 Å². The van der Waals surface area contributed by atoms with Crippen molar-refractivity contribution in [2.75, 3.05) is 0 Å². The molecular weight excluding hydrogens is 358 g/mol. The van der Waals surface area contributed by atoms with Crippen LogP contribution < -0.4 is 4.74 Å². The summed E-state index contributed by atoms with van der Waals surface area (Å²) in [5, 5.41) is 11.5. The predicted octanol–water partition coefficient (Wildman–Crippen LogP) is 5.93. The van der Waals surface area contributed by atoms with E-state index in [0.717, 1.165) is 10.0 Å². The van der Waals surface area contributed by atoms with E-state index >= 15 is 0 Å². The summed E-state index contributed by atoms with van der Waals surface area (Å²) in [6.45, 7) is 4.06. The highest BCUT2D eigenvalue weighted by atomic mass is 79.9. The van der Waals surface area contributed by atoms with E-state index in [1.165, 1.54) is 18.2 Å². The Morgan fingerprint density at radius 2 is 1.90 bits per heavy atom. The molecule has 0 fully saturated rings. The second-order valence-corrected chi connectivity index (χ2v) is 6.16. The fourth-order valence-electron chi connectivity index (χ4n) is 1.90. The summed E-state index contributed by atoms with van der Waals surface area (Å²) in [6, 6.07) is 9.81. The average Bonchev–Trinajstić information content (AvgIpc) is 2.40. The van der Waals surface area contributed by atoms with Crippen LogP contribution in [-0.2, 0) is 0 Å². The topological polar surface area (TPSA) is 52.4 Å². The van der Waals surface area contributed by atoms with Crippen molar-refractivity contribution in [3.05, 3.63) is 61.6 Å². The fourth-order valence-corrected chi connectivity index (χ4v) is 2.44. The summed E-state index contributed by atoms with van der Waals surface area (Å²) in [7, 11) is 0. The van der Waals surface area contributed by atoms with Crippen LogP contribution in [0.3, 0.4) is 0 Å². The lowest BCUT2D eigenvalue weighted by atomic mass is 10.0. The van der Waals surface area contributed by atoms with E-state index in [1.807, 2.05) is 26.0 Å². The van der Waals surface area contributed by atoms with Crippen molar-refractivity contribution in [2.45, 2.75) is 19.8 Å². The van der Waals surface area contributed by atoms with Crippen molar-refractivity contribution in [2.24, 2.45) is 0 Å². The molecule has 0 radical (unpaired) electrons. The second kappa shape index (κ2) is 6.45. The number of nitro groups is 1. The van der Waals surface area contributed by atoms with Crippen molar-refractivity contribution in [1.29, 1.82) is 0 Å². The zero-order chi connectivity index (χ0) is 15.6. The molecule has 4 nitrogen and oxygen atoms in total. The van der Waals surface area contributed by atoms with Gasteiger partial charge in [-0.25, -0.2) is 0 Å². The van der Waals surface area contributed by atoms with E-state index in [0.29, 0.717) is 10.8 Å². The highest BCUT2D eigenvalue weighted by Gasteiger charge is 2.18. The Balaban J connectivity index is 2.47. The molecule has 2 aromatic carbocycles. The van der Waals surface area contributed by atoms with Crippen LogP contribution in [0.1, 0.15) is 25.3 Å². The molecule has 0 unspecified atom stereocenters.